The number of nitrogens with one attached hydrogen (secondary N) is 1. The van der Waals surface area contributed by atoms with E-state index in [4.69, 9.17) is 5.73 Å². The van der Waals surface area contributed by atoms with Crippen molar-refractivity contribution in [3.8, 4) is 11.1 Å². The number of nitrogens with two attached hydrogens (primary N) is 1. The Morgan fingerprint density at radius 1 is 0.970 bits per heavy atom. The molecule has 0 spiro atoms. The molecule has 4 aromatic rings. The molecule has 1 amide bonds. The predicted octanol–water partition coefficient (Wildman–Crippen LogP) is 4.85. The summed E-state index contributed by atoms with van der Waals surface area (Å²) in [5, 5.41) is 13.7. The summed E-state index contributed by atoms with van der Waals surface area (Å²) < 4.78 is 27.6. The highest BCUT2D eigenvalue weighted by Crippen LogP contribution is 2.37. The first-order chi connectivity index (χ1) is 15.9. The van der Waals surface area contributed by atoms with Gasteiger partial charge < -0.3 is 16.2 Å². The third-order valence-corrected chi connectivity index (χ3v) is 5.80. The molecule has 1 atom stereocenters. The number of rotatable bonds is 3. The molecule has 1 aromatic heterocycles. The minimum atomic E-state index is -0.866. The van der Waals surface area contributed by atoms with Gasteiger partial charge in [-0.2, -0.15) is 0 Å². The Labute approximate surface area is 188 Å². The summed E-state index contributed by atoms with van der Waals surface area (Å²) >= 11 is 0. The van der Waals surface area contributed by atoms with E-state index in [1.54, 1.807) is 48.5 Å². The van der Waals surface area contributed by atoms with Crippen LogP contribution in [0.25, 0.3) is 11.1 Å². The molecular weight excluding hydrogens is 424 g/mol. The highest BCUT2D eigenvalue weighted by atomic mass is 19.1. The molecule has 164 valence electrons. The number of carbonyl (C=O) groups excluding carboxylic acids is 1. The fourth-order valence-corrected chi connectivity index (χ4v) is 4.14. The van der Waals surface area contributed by atoms with E-state index in [0.29, 0.717) is 34.6 Å². The van der Waals surface area contributed by atoms with E-state index < -0.39 is 17.7 Å². The first-order valence-corrected chi connectivity index (χ1v) is 10.3. The molecule has 1 heterocycles. The zero-order valence-corrected chi connectivity index (χ0v) is 17.3. The van der Waals surface area contributed by atoms with E-state index in [0.717, 1.165) is 22.8 Å². The molecule has 1 aliphatic carbocycles. The Kier molecular flexibility index (Phi) is 5.11. The van der Waals surface area contributed by atoms with Gasteiger partial charge in [0.25, 0.3) is 5.91 Å². The highest BCUT2D eigenvalue weighted by molar-refractivity contribution is 6.04. The van der Waals surface area contributed by atoms with Crippen LogP contribution >= 0.6 is 0 Å². The number of amides is 1. The lowest BCUT2D eigenvalue weighted by molar-refractivity contribution is 0.102. The van der Waals surface area contributed by atoms with Gasteiger partial charge in [0.1, 0.15) is 23.6 Å². The van der Waals surface area contributed by atoms with Gasteiger partial charge in [-0.15, -0.1) is 0 Å². The van der Waals surface area contributed by atoms with Gasteiger partial charge in [0.15, 0.2) is 0 Å². The average Bonchev–Trinajstić information content (AvgIpc) is 2.80. The number of carbonyl (C=O) groups is 1. The second-order valence-electron chi connectivity index (χ2n) is 7.96. The fourth-order valence-electron chi connectivity index (χ4n) is 4.14. The lowest BCUT2D eigenvalue weighted by Gasteiger charge is -2.26. The molecule has 33 heavy (non-hydrogen) atoms. The van der Waals surface area contributed by atoms with E-state index in [9.17, 15) is 18.7 Å². The second-order valence-corrected chi connectivity index (χ2v) is 7.96. The van der Waals surface area contributed by atoms with E-state index >= 15 is 0 Å². The third-order valence-electron chi connectivity index (χ3n) is 5.80. The number of halogens is 2. The second kappa shape index (κ2) is 8.11. The van der Waals surface area contributed by atoms with Crippen molar-refractivity contribution in [2.75, 3.05) is 11.1 Å². The van der Waals surface area contributed by atoms with E-state index in [2.05, 4.69) is 10.3 Å². The predicted molar refractivity (Wildman–Crippen MR) is 122 cm³/mol. The summed E-state index contributed by atoms with van der Waals surface area (Å²) in [6.45, 7) is 0. The Morgan fingerprint density at radius 3 is 2.45 bits per heavy atom. The van der Waals surface area contributed by atoms with Gasteiger partial charge in [-0.1, -0.05) is 24.3 Å². The molecule has 5 rings (SSSR count). The fraction of sp³-hybridized carbons (Fsp3) is 0.0769. The number of hydrogen-bond donors (Lipinski definition) is 3. The normalized spacial score (nSPS) is 14.3. The Bertz CT molecular complexity index is 1390. The van der Waals surface area contributed by atoms with Crippen LogP contribution in [0.4, 0.5) is 20.3 Å². The number of fused-ring (bicyclic) bond motifs is 2. The van der Waals surface area contributed by atoms with Crippen LogP contribution in [0.2, 0.25) is 0 Å². The van der Waals surface area contributed by atoms with Crippen LogP contribution in [0.3, 0.4) is 0 Å². The molecule has 1 aliphatic rings. The minimum absolute atomic E-state index is 0.282. The van der Waals surface area contributed by atoms with Gasteiger partial charge in [-0.3, -0.25) is 4.79 Å². The number of nitrogen functional groups attached to an aromatic ring is 1. The van der Waals surface area contributed by atoms with E-state index in [1.165, 1.54) is 18.3 Å². The number of anilines is 2. The van der Waals surface area contributed by atoms with Gasteiger partial charge in [-0.25, -0.2) is 13.8 Å². The standard InChI is InChI=1S/C26H19F2N3O2/c27-18-3-7-20(23(28)12-18)14-1-5-21-16(9-14)11-17-10-15(2-6-22(17)25(21)32)26(33)31-19-4-8-24(29)30-13-19/h1-10,12-13,25,32H,11H2,(H2,29,30)(H,31,33). The lowest BCUT2D eigenvalue weighted by Crippen LogP contribution is -2.17. The van der Waals surface area contributed by atoms with Gasteiger partial charge in [0, 0.05) is 17.2 Å². The summed E-state index contributed by atoms with van der Waals surface area (Å²) in [4.78, 5) is 16.7. The number of aliphatic hydroxyl groups excluding tert-OH is 1. The van der Waals surface area contributed by atoms with Crippen molar-refractivity contribution in [3.63, 3.8) is 0 Å². The molecule has 0 fully saturated rings. The third kappa shape index (κ3) is 3.94. The van der Waals surface area contributed by atoms with Crippen LogP contribution in [0, 0.1) is 11.6 Å². The molecule has 0 aliphatic heterocycles. The Balaban J connectivity index is 1.45. The number of aromatic nitrogens is 1. The first kappa shape index (κ1) is 20.8. The SMILES string of the molecule is Nc1ccc(NC(=O)c2ccc3c(c2)Cc2cc(-c4ccc(F)cc4F)ccc2C3O)cn1. The van der Waals surface area contributed by atoms with Gasteiger partial charge in [0.2, 0.25) is 0 Å². The average molecular weight is 443 g/mol. The van der Waals surface area contributed by atoms with Crippen molar-refractivity contribution >= 4 is 17.4 Å². The number of nitrogens with zero attached hydrogens (tertiary/aromatic N) is 1. The molecule has 5 nitrogen and oxygen atoms in total. The number of pyridine rings is 1. The molecule has 0 saturated carbocycles. The van der Waals surface area contributed by atoms with Gasteiger partial charge in [-0.05, 0) is 70.6 Å². The molecule has 0 radical (unpaired) electrons. The van der Waals surface area contributed by atoms with Crippen molar-refractivity contribution in [1.82, 2.24) is 4.98 Å². The maximum absolute atomic E-state index is 14.3. The molecule has 0 saturated heterocycles. The summed E-state index contributed by atoms with van der Waals surface area (Å²) in [5.74, 6) is -1.25. The van der Waals surface area contributed by atoms with Crippen molar-refractivity contribution < 1.29 is 18.7 Å². The smallest absolute Gasteiger partial charge is 0.255 e. The molecule has 7 heteroatoms. The van der Waals surface area contributed by atoms with Crippen molar-refractivity contribution in [3.05, 3.63) is 112 Å². The maximum Gasteiger partial charge on any atom is 0.255 e. The van der Waals surface area contributed by atoms with E-state index in [-0.39, 0.29) is 11.5 Å². The Morgan fingerprint density at radius 2 is 1.73 bits per heavy atom. The van der Waals surface area contributed by atoms with Crippen molar-refractivity contribution in [2.24, 2.45) is 0 Å². The minimum Gasteiger partial charge on any atom is -0.384 e. The molecule has 3 aromatic carbocycles. The van der Waals surface area contributed by atoms with Crippen LogP contribution in [0.5, 0.6) is 0 Å². The highest BCUT2D eigenvalue weighted by Gasteiger charge is 2.25. The van der Waals surface area contributed by atoms with Gasteiger partial charge in [0.05, 0.1) is 11.9 Å². The quantitative estimate of drug-likeness (QED) is 0.423. The molecule has 1 unspecified atom stereocenters. The summed E-state index contributed by atoms with van der Waals surface area (Å²) in [6.07, 6.45) is 1.07. The summed E-state index contributed by atoms with van der Waals surface area (Å²) in [7, 11) is 0. The van der Waals surface area contributed by atoms with Crippen LogP contribution in [-0.4, -0.2) is 16.0 Å². The molecular formula is C26H19F2N3O2. The van der Waals surface area contributed by atoms with Crippen LogP contribution in [0.15, 0.2) is 72.9 Å². The van der Waals surface area contributed by atoms with Crippen LogP contribution in [0.1, 0.15) is 38.7 Å². The largest absolute Gasteiger partial charge is 0.384 e. The maximum atomic E-state index is 14.3. The first-order valence-electron chi connectivity index (χ1n) is 10.3. The number of hydrogen-bond acceptors (Lipinski definition) is 4. The molecule has 4 N–H and O–H groups in total. The Hall–Kier alpha value is -4.10. The summed E-state index contributed by atoms with van der Waals surface area (Å²) in [6, 6.07) is 17.1. The van der Waals surface area contributed by atoms with Crippen molar-refractivity contribution in [1.29, 1.82) is 0 Å². The number of aliphatic hydroxyl groups is 1. The monoisotopic (exact) mass is 443 g/mol. The molecule has 0 bridgehead atoms. The summed E-state index contributed by atoms with van der Waals surface area (Å²) in [5.41, 5.74) is 10.5. The zero-order valence-electron chi connectivity index (χ0n) is 17.3. The van der Waals surface area contributed by atoms with Gasteiger partial charge >= 0.3 is 0 Å². The topological polar surface area (TPSA) is 88.2 Å². The lowest BCUT2D eigenvalue weighted by atomic mass is 9.82. The zero-order chi connectivity index (χ0) is 23.1. The van der Waals surface area contributed by atoms with Crippen LogP contribution in [-0.2, 0) is 6.42 Å². The van der Waals surface area contributed by atoms with Crippen molar-refractivity contribution in [2.45, 2.75) is 12.5 Å². The van der Waals surface area contributed by atoms with E-state index in [1.807, 2.05) is 0 Å². The number of benzene rings is 3. The van der Waals surface area contributed by atoms with Crippen LogP contribution < -0.4 is 11.1 Å².